The summed E-state index contributed by atoms with van der Waals surface area (Å²) in [7, 11) is 2.49. The van der Waals surface area contributed by atoms with Crippen LogP contribution >= 0.6 is 22.6 Å². The first-order chi connectivity index (χ1) is 18.9. The van der Waals surface area contributed by atoms with Crippen molar-refractivity contribution in [1.29, 1.82) is 0 Å². The summed E-state index contributed by atoms with van der Waals surface area (Å²) in [5.74, 6) is -1.71. The number of imidazole rings is 1. The van der Waals surface area contributed by atoms with Crippen molar-refractivity contribution in [2.45, 2.75) is 24.4 Å². The summed E-state index contributed by atoms with van der Waals surface area (Å²) in [6, 6.07) is 29.0. The molecule has 0 aliphatic carbocycles. The fraction of sp³-hybridized carbons (Fsp3) is 0.200. The third-order valence-electron chi connectivity index (χ3n) is 6.49. The molecule has 0 saturated carbocycles. The van der Waals surface area contributed by atoms with Crippen LogP contribution in [0.3, 0.4) is 0 Å². The van der Waals surface area contributed by atoms with Gasteiger partial charge in [-0.05, 0) is 23.1 Å². The van der Waals surface area contributed by atoms with E-state index in [0.717, 1.165) is 16.7 Å². The third-order valence-corrected chi connectivity index (χ3v) is 7.25. The number of nitrogens with zero attached hydrogens (tertiary/aromatic N) is 2. The average molecular weight is 637 g/mol. The van der Waals surface area contributed by atoms with Gasteiger partial charge in [0.1, 0.15) is 17.3 Å². The van der Waals surface area contributed by atoms with Gasteiger partial charge in [-0.15, -0.1) is 0 Å². The van der Waals surface area contributed by atoms with Gasteiger partial charge in [-0.3, -0.25) is 9.59 Å². The predicted molar refractivity (Wildman–Crippen MR) is 154 cm³/mol. The lowest BCUT2D eigenvalue weighted by atomic mass is 9.77. The summed E-state index contributed by atoms with van der Waals surface area (Å²) in [4.78, 5) is 42.0. The standard InChI is InChI=1S/C30H28IN3O5/c1-38-26(35)19-18-24(28(37)39-2)32-27(36)25-20-34(29(31)33-25)30(21-12-6-3-7-13-21,22-14-8-4-9-15-22)23-16-10-5-11-17-23/h3-17,20,24H,18-19H2,1-2H3,(H,32,36)/t24-/m0/s1. The molecule has 0 radical (unpaired) electrons. The van der Waals surface area contributed by atoms with E-state index >= 15 is 0 Å². The van der Waals surface area contributed by atoms with Crippen LogP contribution in [0.15, 0.2) is 97.2 Å². The maximum atomic E-state index is 13.4. The molecular formula is C30H28IN3O5. The number of nitrogens with one attached hydrogen (secondary N) is 1. The molecule has 9 heteroatoms. The van der Waals surface area contributed by atoms with E-state index in [4.69, 9.17) is 4.74 Å². The van der Waals surface area contributed by atoms with E-state index in [-0.39, 0.29) is 18.5 Å². The normalized spacial score (nSPS) is 11.9. The maximum Gasteiger partial charge on any atom is 0.328 e. The molecule has 1 amide bonds. The Morgan fingerprint density at radius 2 is 1.33 bits per heavy atom. The Labute approximate surface area is 240 Å². The third kappa shape index (κ3) is 5.88. The van der Waals surface area contributed by atoms with Gasteiger partial charge in [-0.25, -0.2) is 9.78 Å². The van der Waals surface area contributed by atoms with Gasteiger partial charge in [0.05, 0.1) is 14.2 Å². The molecule has 0 fully saturated rings. The Bertz CT molecular complexity index is 1330. The molecule has 4 rings (SSSR count). The molecule has 1 N–H and O–H groups in total. The summed E-state index contributed by atoms with van der Waals surface area (Å²) >= 11 is 2.12. The van der Waals surface area contributed by atoms with E-state index in [1.807, 2.05) is 59.2 Å². The molecule has 3 aromatic carbocycles. The average Bonchev–Trinajstić information content (AvgIpc) is 3.38. The zero-order valence-corrected chi connectivity index (χ0v) is 23.7. The summed E-state index contributed by atoms with van der Waals surface area (Å²) in [6.07, 6.45) is 1.67. The van der Waals surface area contributed by atoms with Crippen molar-refractivity contribution in [2.24, 2.45) is 0 Å². The van der Waals surface area contributed by atoms with E-state index in [1.165, 1.54) is 14.2 Å². The second-order valence-corrected chi connectivity index (χ2v) is 9.70. The number of ether oxygens (including phenoxy) is 2. The van der Waals surface area contributed by atoms with Crippen LogP contribution in [0.5, 0.6) is 0 Å². The lowest BCUT2D eigenvalue weighted by molar-refractivity contribution is -0.144. The fourth-order valence-electron chi connectivity index (χ4n) is 4.65. The van der Waals surface area contributed by atoms with Gasteiger partial charge in [0.15, 0.2) is 3.83 Å². The van der Waals surface area contributed by atoms with Crippen LogP contribution in [0, 0.1) is 3.83 Å². The van der Waals surface area contributed by atoms with Crippen molar-refractivity contribution in [1.82, 2.24) is 14.9 Å². The summed E-state index contributed by atoms with van der Waals surface area (Å²) in [6.45, 7) is 0. The molecule has 0 aliphatic heterocycles. The minimum atomic E-state index is -1.04. The Morgan fingerprint density at radius 3 is 1.77 bits per heavy atom. The zero-order chi connectivity index (χ0) is 27.8. The smallest absolute Gasteiger partial charge is 0.328 e. The van der Waals surface area contributed by atoms with Gasteiger partial charge in [0.2, 0.25) is 0 Å². The van der Waals surface area contributed by atoms with E-state index < -0.39 is 29.4 Å². The molecule has 0 bridgehead atoms. The molecule has 39 heavy (non-hydrogen) atoms. The molecule has 1 aromatic heterocycles. The van der Waals surface area contributed by atoms with Crippen LogP contribution in [0.25, 0.3) is 0 Å². The Morgan fingerprint density at radius 1 is 0.846 bits per heavy atom. The van der Waals surface area contributed by atoms with Crippen molar-refractivity contribution >= 4 is 40.4 Å². The number of esters is 2. The monoisotopic (exact) mass is 637 g/mol. The highest BCUT2D eigenvalue weighted by atomic mass is 127. The number of carbonyl (C=O) groups excluding carboxylic acids is 3. The molecule has 200 valence electrons. The van der Waals surface area contributed by atoms with Crippen LogP contribution in [-0.4, -0.2) is 47.7 Å². The van der Waals surface area contributed by atoms with Gasteiger partial charge in [-0.1, -0.05) is 91.0 Å². The van der Waals surface area contributed by atoms with Crippen LogP contribution in [0.2, 0.25) is 0 Å². The first-order valence-electron chi connectivity index (χ1n) is 12.3. The molecule has 0 spiro atoms. The van der Waals surface area contributed by atoms with E-state index in [2.05, 4.69) is 74.0 Å². The number of aromatic nitrogens is 2. The number of benzene rings is 3. The number of rotatable bonds is 10. The van der Waals surface area contributed by atoms with Gasteiger partial charge < -0.3 is 19.4 Å². The van der Waals surface area contributed by atoms with Crippen molar-refractivity contribution < 1.29 is 23.9 Å². The van der Waals surface area contributed by atoms with Crippen molar-refractivity contribution in [3.05, 3.63) is 123 Å². The van der Waals surface area contributed by atoms with Crippen molar-refractivity contribution in [3.63, 3.8) is 0 Å². The highest BCUT2D eigenvalue weighted by molar-refractivity contribution is 14.1. The molecule has 4 aromatic rings. The molecule has 1 atom stereocenters. The maximum absolute atomic E-state index is 13.4. The lowest BCUT2D eigenvalue weighted by Gasteiger charge is -2.38. The zero-order valence-electron chi connectivity index (χ0n) is 21.5. The highest BCUT2D eigenvalue weighted by Gasteiger charge is 2.40. The largest absolute Gasteiger partial charge is 0.469 e. The SMILES string of the molecule is COC(=O)CC[C@H](NC(=O)c1cn(C(c2ccccc2)(c2ccccc2)c2ccccc2)c(I)n1)C(=O)OC. The Balaban J connectivity index is 1.83. The summed E-state index contributed by atoms with van der Waals surface area (Å²) in [5, 5.41) is 2.67. The van der Waals surface area contributed by atoms with E-state index in [0.29, 0.717) is 3.83 Å². The van der Waals surface area contributed by atoms with Crippen molar-refractivity contribution in [2.75, 3.05) is 14.2 Å². The minimum Gasteiger partial charge on any atom is -0.469 e. The number of halogens is 1. The van der Waals surface area contributed by atoms with Crippen LogP contribution in [0.4, 0.5) is 0 Å². The molecule has 0 unspecified atom stereocenters. The molecule has 8 nitrogen and oxygen atoms in total. The van der Waals surface area contributed by atoms with Gasteiger partial charge in [0, 0.05) is 35.2 Å². The van der Waals surface area contributed by atoms with Gasteiger partial charge in [-0.2, -0.15) is 0 Å². The first kappa shape index (κ1) is 28.0. The molecule has 0 saturated heterocycles. The molecule has 1 heterocycles. The minimum absolute atomic E-state index is 0.0326. The Hall–Kier alpha value is -3.99. The molecular weight excluding hydrogens is 609 g/mol. The van der Waals surface area contributed by atoms with Crippen LogP contribution < -0.4 is 5.32 Å². The van der Waals surface area contributed by atoms with E-state index in [1.54, 1.807) is 6.20 Å². The molecule has 0 aliphatic rings. The lowest BCUT2D eigenvalue weighted by Crippen LogP contribution is -2.42. The number of methoxy groups -OCH3 is 2. The first-order valence-corrected chi connectivity index (χ1v) is 13.4. The summed E-state index contributed by atoms with van der Waals surface area (Å²) < 4.78 is 12.0. The quantitative estimate of drug-likeness (QED) is 0.156. The highest BCUT2D eigenvalue weighted by Crippen LogP contribution is 2.41. The predicted octanol–water partition coefficient (Wildman–Crippen LogP) is 4.55. The van der Waals surface area contributed by atoms with Gasteiger partial charge >= 0.3 is 11.9 Å². The Kier molecular flexibility index (Phi) is 9.13. The summed E-state index contributed by atoms with van der Waals surface area (Å²) in [5.41, 5.74) is 2.22. The topological polar surface area (TPSA) is 99.5 Å². The second-order valence-electron chi connectivity index (χ2n) is 8.74. The van der Waals surface area contributed by atoms with Crippen LogP contribution in [-0.2, 0) is 24.6 Å². The van der Waals surface area contributed by atoms with Gasteiger partial charge in [0.25, 0.3) is 5.91 Å². The number of carbonyl (C=O) groups is 3. The number of amides is 1. The fourth-order valence-corrected chi connectivity index (χ4v) is 5.41. The second kappa shape index (κ2) is 12.7. The van der Waals surface area contributed by atoms with Crippen molar-refractivity contribution in [3.8, 4) is 0 Å². The number of hydrogen-bond donors (Lipinski definition) is 1. The number of hydrogen-bond acceptors (Lipinski definition) is 6. The van der Waals surface area contributed by atoms with Crippen LogP contribution in [0.1, 0.15) is 40.0 Å². The van der Waals surface area contributed by atoms with E-state index in [9.17, 15) is 14.4 Å².